The van der Waals surface area contributed by atoms with Gasteiger partial charge in [-0.25, -0.2) is 9.97 Å². The number of nitro groups is 1. The fourth-order valence-corrected chi connectivity index (χ4v) is 3.74. The minimum Gasteiger partial charge on any atom is -0.424 e. The first-order chi connectivity index (χ1) is 13.9. The van der Waals surface area contributed by atoms with E-state index in [2.05, 4.69) is 9.97 Å². The van der Waals surface area contributed by atoms with Gasteiger partial charge < -0.3 is 20.8 Å². The van der Waals surface area contributed by atoms with Crippen LogP contribution in [0.2, 0.25) is 0 Å². The highest BCUT2D eigenvalue weighted by Gasteiger charge is 2.45. The number of unbranched alkanes of at least 4 members (excludes halogenated alkanes) is 1. The molecule has 0 aliphatic carbocycles. The van der Waals surface area contributed by atoms with Gasteiger partial charge in [-0.3, -0.25) is 14.9 Å². The van der Waals surface area contributed by atoms with Crippen molar-refractivity contribution in [3.05, 3.63) is 52.7 Å². The summed E-state index contributed by atoms with van der Waals surface area (Å²) in [6.07, 6.45) is 4.73. The highest BCUT2D eigenvalue weighted by molar-refractivity contribution is 6.06. The predicted octanol–water partition coefficient (Wildman–Crippen LogP) is 2.10. The van der Waals surface area contributed by atoms with E-state index in [1.165, 1.54) is 6.08 Å². The van der Waals surface area contributed by atoms with Crippen molar-refractivity contribution in [2.75, 3.05) is 5.73 Å². The van der Waals surface area contributed by atoms with Crippen molar-refractivity contribution in [3.63, 3.8) is 0 Å². The van der Waals surface area contributed by atoms with Crippen LogP contribution in [-0.4, -0.2) is 31.0 Å². The number of aromatic nitrogens is 3. The van der Waals surface area contributed by atoms with Crippen molar-refractivity contribution in [3.8, 4) is 0 Å². The Kier molecular flexibility index (Phi) is 4.53. The number of benzene rings is 1. The molecule has 0 saturated carbocycles. The van der Waals surface area contributed by atoms with E-state index in [0.29, 0.717) is 37.1 Å². The Labute approximate surface area is 165 Å². The molecule has 4 rings (SSSR count). The van der Waals surface area contributed by atoms with Crippen LogP contribution in [0.5, 0.6) is 0 Å². The maximum atomic E-state index is 11.9. The summed E-state index contributed by atoms with van der Waals surface area (Å²) in [5.41, 5.74) is 12.5. The summed E-state index contributed by atoms with van der Waals surface area (Å²) in [5.74, 6) is -0.731. The lowest BCUT2D eigenvalue weighted by molar-refractivity contribution is -0.466. The van der Waals surface area contributed by atoms with Crippen molar-refractivity contribution >= 4 is 33.7 Å². The summed E-state index contributed by atoms with van der Waals surface area (Å²) in [6, 6.07) is 7.71. The van der Waals surface area contributed by atoms with E-state index in [0.717, 1.165) is 16.4 Å². The number of nitrogens with zero attached hydrogens (tertiary/aromatic N) is 4. The number of carbonyl (C=O) groups excluding carboxylic acids is 1. The third-order valence-electron chi connectivity index (χ3n) is 5.25. The molecule has 0 saturated heterocycles. The summed E-state index contributed by atoms with van der Waals surface area (Å²) < 4.78 is 7.30. The van der Waals surface area contributed by atoms with Crippen LogP contribution in [0.25, 0.3) is 21.9 Å². The number of hydrogen-bond acceptors (Lipinski definition) is 7. The minimum atomic E-state index is -1.35. The van der Waals surface area contributed by atoms with Crippen LogP contribution in [0.15, 0.2) is 42.6 Å². The number of para-hydroxylation sites is 1. The van der Waals surface area contributed by atoms with E-state index < -0.39 is 22.3 Å². The lowest BCUT2D eigenvalue weighted by Crippen LogP contribution is -2.44. The number of primary amides is 1. The molecule has 3 heterocycles. The van der Waals surface area contributed by atoms with Crippen molar-refractivity contribution in [2.45, 2.75) is 37.8 Å². The number of nitrogens with two attached hydrogens (primary N) is 2. The number of amides is 1. The molecule has 10 nitrogen and oxygen atoms in total. The zero-order chi connectivity index (χ0) is 20.6. The third-order valence-corrected chi connectivity index (χ3v) is 5.25. The summed E-state index contributed by atoms with van der Waals surface area (Å²) in [5, 5.41) is 11.9. The number of fused-ring (bicyclic) bond motifs is 3. The minimum absolute atomic E-state index is 0.111. The Morgan fingerprint density at radius 2 is 2.14 bits per heavy atom. The average Bonchev–Trinajstić information content (AvgIpc) is 3.32. The number of ether oxygens (including phenoxy) is 1. The van der Waals surface area contributed by atoms with Crippen molar-refractivity contribution in [1.82, 2.24) is 14.5 Å². The molecule has 1 atom stereocenters. The quantitative estimate of drug-likeness (QED) is 0.352. The zero-order valence-electron chi connectivity index (χ0n) is 15.6. The first kappa shape index (κ1) is 18.7. The van der Waals surface area contributed by atoms with Gasteiger partial charge in [-0.15, -0.1) is 0 Å². The van der Waals surface area contributed by atoms with Gasteiger partial charge in [-0.1, -0.05) is 18.2 Å². The number of rotatable bonds is 7. The molecule has 1 aliphatic heterocycles. The third kappa shape index (κ3) is 3.22. The second-order valence-corrected chi connectivity index (χ2v) is 7.07. The van der Waals surface area contributed by atoms with Gasteiger partial charge in [-0.05, 0) is 25.3 Å². The van der Waals surface area contributed by atoms with Gasteiger partial charge in [0.25, 0.3) is 5.91 Å². The smallest absolute Gasteiger partial charge is 0.424 e. The van der Waals surface area contributed by atoms with Crippen molar-refractivity contribution < 1.29 is 14.5 Å². The van der Waals surface area contributed by atoms with Crippen LogP contribution in [-0.2, 0) is 16.1 Å². The number of carbonyl (C=O) groups is 1. The van der Waals surface area contributed by atoms with E-state index >= 15 is 0 Å². The van der Waals surface area contributed by atoms with Crippen LogP contribution in [0.4, 0.5) is 5.82 Å². The maximum absolute atomic E-state index is 11.9. The van der Waals surface area contributed by atoms with E-state index in [-0.39, 0.29) is 6.42 Å². The lowest BCUT2D eigenvalue weighted by atomic mass is 9.93. The number of anilines is 1. The Balaban J connectivity index is 1.48. The summed E-state index contributed by atoms with van der Waals surface area (Å²) in [6.45, 7) is 0.633. The normalized spacial score (nSPS) is 18.7. The molecule has 1 amide bonds. The fraction of sp³-hybridized carbons (Fsp3) is 0.316. The maximum Gasteiger partial charge on any atom is 0.425 e. The number of nitrogen functional groups attached to an aromatic ring is 1. The van der Waals surface area contributed by atoms with Gasteiger partial charge in [0.15, 0.2) is 11.4 Å². The van der Waals surface area contributed by atoms with E-state index in [1.54, 1.807) is 6.33 Å². The Hall–Kier alpha value is -3.69. The molecule has 0 spiro atoms. The molecule has 0 radical (unpaired) electrons. The Morgan fingerprint density at radius 3 is 2.86 bits per heavy atom. The van der Waals surface area contributed by atoms with Crippen molar-refractivity contribution in [2.24, 2.45) is 5.73 Å². The summed E-state index contributed by atoms with van der Waals surface area (Å²) >= 11 is 0. The molecule has 10 heteroatoms. The number of aryl methyl sites for hydroxylation is 1. The molecular weight excluding hydrogens is 376 g/mol. The van der Waals surface area contributed by atoms with Gasteiger partial charge in [0.05, 0.1) is 17.4 Å². The van der Waals surface area contributed by atoms with Gasteiger partial charge in [-0.2, -0.15) is 0 Å². The van der Waals surface area contributed by atoms with Crippen LogP contribution >= 0.6 is 0 Å². The van der Waals surface area contributed by atoms with E-state index in [9.17, 15) is 14.9 Å². The molecular formula is C19H20N6O4. The van der Waals surface area contributed by atoms with Gasteiger partial charge >= 0.3 is 5.88 Å². The second-order valence-electron chi connectivity index (χ2n) is 7.07. The lowest BCUT2D eigenvalue weighted by Gasteiger charge is -2.24. The van der Waals surface area contributed by atoms with Crippen molar-refractivity contribution in [1.29, 1.82) is 0 Å². The zero-order valence-corrected chi connectivity index (χ0v) is 15.6. The number of imidazole rings is 1. The van der Waals surface area contributed by atoms with Crippen LogP contribution in [0.1, 0.15) is 25.7 Å². The molecule has 1 unspecified atom stereocenters. The van der Waals surface area contributed by atoms with E-state index in [1.807, 2.05) is 28.8 Å². The predicted molar refractivity (Wildman–Crippen MR) is 106 cm³/mol. The SMILES string of the molecule is NC(=O)C1(CCCCn2cnc3c(N)nc4ccccc4c32)CC=C([N+](=O)[O-])O1. The van der Waals surface area contributed by atoms with Gasteiger partial charge in [0.1, 0.15) is 10.4 Å². The standard InChI is InChI=1S/C19H20N6O4/c20-17-15-16(12-5-1-2-6-13(12)23-17)24(11-22-15)10-4-3-8-19(18(21)26)9-7-14(29-19)25(27)28/h1-2,5-7,11H,3-4,8-10H2,(H2,20,23)(H2,21,26). The number of hydrogen-bond donors (Lipinski definition) is 2. The molecule has 0 bridgehead atoms. The number of pyridine rings is 1. The molecule has 1 aliphatic rings. The topological polar surface area (TPSA) is 152 Å². The molecule has 150 valence electrons. The molecule has 1 aromatic carbocycles. The average molecular weight is 396 g/mol. The molecule has 3 aromatic rings. The first-order valence-corrected chi connectivity index (χ1v) is 9.24. The van der Waals surface area contributed by atoms with Crippen LogP contribution in [0.3, 0.4) is 0 Å². The van der Waals surface area contributed by atoms with E-state index in [4.69, 9.17) is 16.2 Å². The molecule has 0 fully saturated rings. The molecule has 29 heavy (non-hydrogen) atoms. The second kappa shape index (κ2) is 7.04. The highest BCUT2D eigenvalue weighted by Crippen LogP contribution is 2.33. The Morgan fingerprint density at radius 1 is 1.34 bits per heavy atom. The van der Waals surface area contributed by atoms with Gasteiger partial charge in [0, 0.05) is 24.4 Å². The fourth-order valence-electron chi connectivity index (χ4n) is 3.74. The monoisotopic (exact) mass is 396 g/mol. The van der Waals surface area contributed by atoms with Crippen LogP contribution < -0.4 is 11.5 Å². The largest absolute Gasteiger partial charge is 0.425 e. The van der Waals surface area contributed by atoms with Crippen LogP contribution in [0, 0.1) is 10.1 Å². The molecule has 2 aromatic heterocycles. The highest BCUT2D eigenvalue weighted by atomic mass is 16.7. The molecule has 4 N–H and O–H groups in total. The Bertz CT molecular complexity index is 1150. The van der Waals surface area contributed by atoms with Gasteiger partial charge in [0.2, 0.25) is 0 Å². The first-order valence-electron chi connectivity index (χ1n) is 9.24. The summed E-state index contributed by atoms with van der Waals surface area (Å²) in [4.78, 5) is 30.9. The summed E-state index contributed by atoms with van der Waals surface area (Å²) in [7, 11) is 0.